The molecule has 0 aromatic heterocycles. The maximum absolute atomic E-state index is 13.1. The fourth-order valence-electron chi connectivity index (χ4n) is 4.16. The fourth-order valence-corrected chi connectivity index (χ4v) is 4.16. The van der Waals surface area contributed by atoms with Gasteiger partial charge in [0.2, 0.25) is 23.6 Å². The number of nitrogens with one attached hydrogen (secondary N) is 5. The number of hydrogen-bond donors (Lipinski definition) is 5. The van der Waals surface area contributed by atoms with Crippen LogP contribution in [0.2, 0.25) is 0 Å². The van der Waals surface area contributed by atoms with Crippen molar-refractivity contribution in [2.24, 2.45) is 5.92 Å². The van der Waals surface area contributed by atoms with Gasteiger partial charge in [-0.1, -0.05) is 26.0 Å². The lowest BCUT2D eigenvalue weighted by atomic mass is 9.99. The number of amides is 5. The van der Waals surface area contributed by atoms with Gasteiger partial charge in [0.15, 0.2) is 0 Å². The molecule has 0 spiro atoms. The van der Waals surface area contributed by atoms with Crippen molar-refractivity contribution in [1.29, 1.82) is 0 Å². The quantitative estimate of drug-likeness (QED) is 0.130. The number of Topliss-reactive ketones (excluding diaryl/α,β-unsaturated/α-hetero) is 1. The number of rotatable bonds is 21. The third-order valence-corrected chi connectivity index (χ3v) is 7.34. The molecule has 14 heteroatoms. The van der Waals surface area contributed by atoms with Gasteiger partial charge in [-0.2, -0.15) is 0 Å². The molecule has 2 unspecified atom stereocenters. The summed E-state index contributed by atoms with van der Waals surface area (Å²) in [6.07, 6.45) is 0.720. The minimum Gasteiger partial charge on any atom is -0.445 e. The van der Waals surface area contributed by atoms with E-state index in [9.17, 15) is 28.8 Å². The van der Waals surface area contributed by atoms with Crippen molar-refractivity contribution in [3.8, 4) is 0 Å². The lowest BCUT2D eigenvalue weighted by molar-refractivity contribution is -0.132. The predicted molar refractivity (Wildman–Crippen MR) is 181 cm³/mol. The summed E-state index contributed by atoms with van der Waals surface area (Å²) >= 11 is 0. The van der Waals surface area contributed by atoms with Gasteiger partial charge in [0.25, 0.3) is 0 Å². The van der Waals surface area contributed by atoms with Gasteiger partial charge in [-0.3, -0.25) is 24.0 Å². The Morgan fingerprint density at radius 3 is 1.96 bits per heavy atom. The Labute approximate surface area is 284 Å². The van der Waals surface area contributed by atoms with E-state index >= 15 is 0 Å². The number of ether oxygens (including phenoxy) is 3. The minimum atomic E-state index is -0.895. The minimum absolute atomic E-state index is 0.0203. The molecule has 48 heavy (non-hydrogen) atoms. The standard InChI is InChI=1S/C34H55N5O9/c1-22(2)29(39-28(42)14-16-33(5,6)48-19-17-34(7,8)47-18-15-27(41)35-9)31(44)37-24(4)30(43)38-26-12-10-25(11-13-26)21-46-32(45)36-20-23(3)40/h10-13,22,24,29H,14-21H2,1-9H3,(H,35,41)(H,36,45)(H,37,44)(H,38,43)(H,39,42). The number of ketones is 1. The van der Waals surface area contributed by atoms with E-state index in [1.165, 1.54) is 6.92 Å². The Balaban J connectivity index is 2.53. The Hall–Kier alpha value is -4.04. The van der Waals surface area contributed by atoms with E-state index < -0.39 is 41.2 Å². The molecule has 1 aromatic rings. The third kappa shape index (κ3) is 17.8. The largest absolute Gasteiger partial charge is 0.445 e. The number of carbonyl (C=O) groups excluding carboxylic acids is 6. The summed E-state index contributed by atoms with van der Waals surface area (Å²) in [5.74, 6) is -1.76. The Morgan fingerprint density at radius 2 is 1.38 bits per heavy atom. The molecule has 1 rings (SSSR count). The first kappa shape index (κ1) is 42.0. The van der Waals surface area contributed by atoms with Crippen LogP contribution in [0.15, 0.2) is 24.3 Å². The Morgan fingerprint density at radius 1 is 0.771 bits per heavy atom. The lowest BCUT2D eigenvalue weighted by Crippen LogP contribution is -2.53. The maximum atomic E-state index is 13.1. The summed E-state index contributed by atoms with van der Waals surface area (Å²) in [5.41, 5.74) is 0.0595. The topological polar surface area (TPSA) is 190 Å². The molecule has 0 saturated carbocycles. The number of alkyl carbamates (subject to hydrolysis) is 1. The van der Waals surface area contributed by atoms with Crippen LogP contribution in [0.4, 0.5) is 10.5 Å². The second kappa shape index (κ2) is 20.4. The van der Waals surface area contributed by atoms with Crippen LogP contribution < -0.4 is 26.6 Å². The number of carbonyl (C=O) groups is 6. The van der Waals surface area contributed by atoms with Crippen LogP contribution in [0.1, 0.15) is 86.6 Å². The molecule has 0 bridgehead atoms. The summed E-state index contributed by atoms with van der Waals surface area (Å²) < 4.78 is 16.9. The number of hydrogen-bond acceptors (Lipinski definition) is 9. The van der Waals surface area contributed by atoms with Gasteiger partial charge >= 0.3 is 6.09 Å². The first-order valence-electron chi connectivity index (χ1n) is 16.2. The molecule has 0 aliphatic rings. The molecular weight excluding hydrogens is 622 g/mol. The van der Waals surface area contributed by atoms with Crippen molar-refractivity contribution in [2.75, 3.05) is 32.1 Å². The zero-order chi connectivity index (χ0) is 36.5. The Kier molecular flexibility index (Phi) is 17.8. The van der Waals surface area contributed by atoms with Gasteiger partial charge in [0.1, 0.15) is 24.5 Å². The molecule has 0 fully saturated rings. The van der Waals surface area contributed by atoms with Crippen molar-refractivity contribution in [3.05, 3.63) is 29.8 Å². The smallest absolute Gasteiger partial charge is 0.407 e. The second-order valence-electron chi connectivity index (χ2n) is 13.2. The highest BCUT2D eigenvalue weighted by Gasteiger charge is 2.29. The average Bonchev–Trinajstić information content (AvgIpc) is 3.00. The van der Waals surface area contributed by atoms with Crippen LogP contribution in [0, 0.1) is 5.92 Å². The molecule has 5 N–H and O–H groups in total. The van der Waals surface area contributed by atoms with Gasteiger partial charge in [0, 0.05) is 25.6 Å². The Bertz CT molecular complexity index is 1230. The summed E-state index contributed by atoms with van der Waals surface area (Å²) in [6, 6.07) is 4.85. The fraction of sp³-hybridized carbons (Fsp3) is 0.647. The first-order chi connectivity index (χ1) is 22.3. The lowest BCUT2D eigenvalue weighted by Gasteiger charge is -2.30. The molecule has 0 saturated heterocycles. The van der Waals surface area contributed by atoms with Crippen molar-refractivity contribution < 1.29 is 43.0 Å². The van der Waals surface area contributed by atoms with Crippen molar-refractivity contribution in [2.45, 2.75) is 111 Å². The summed E-state index contributed by atoms with van der Waals surface area (Å²) in [4.78, 5) is 72.7. The molecule has 14 nitrogen and oxygen atoms in total. The van der Waals surface area contributed by atoms with Gasteiger partial charge in [-0.15, -0.1) is 0 Å². The van der Waals surface area contributed by atoms with Crippen LogP contribution in [-0.2, 0) is 44.8 Å². The van der Waals surface area contributed by atoms with E-state index in [2.05, 4.69) is 26.6 Å². The normalized spacial score (nSPS) is 12.8. The molecule has 0 heterocycles. The zero-order valence-electron chi connectivity index (χ0n) is 29.9. The summed E-state index contributed by atoms with van der Waals surface area (Å²) in [7, 11) is 1.58. The van der Waals surface area contributed by atoms with Gasteiger partial charge < -0.3 is 40.8 Å². The molecular formula is C34H55N5O9. The molecule has 270 valence electrons. The SMILES string of the molecule is CNC(=O)CCOC(C)(C)CCOC(C)(C)CCC(=O)NC(C(=O)NC(C)C(=O)Nc1ccc(COC(=O)NCC(C)=O)cc1)C(C)C. The van der Waals surface area contributed by atoms with E-state index in [4.69, 9.17) is 14.2 Å². The predicted octanol–water partition coefficient (Wildman–Crippen LogP) is 2.98. The van der Waals surface area contributed by atoms with Crippen LogP contribution >= 0.6 is 0 Å². The van der Waals surface area contributed by atoms with E-state index in [1.807, 2.05) is 27.7 Å². The van der Waals surface area contributed by atoms with E-state index in [1.54, 1.807) is 52.1 Å². The number of benzene rings is 1. The molecule has 0 aliphatic carbocycles. The maximum Gasteiger partial charge on any atom is 0.407 e. The summed E-state index contributed by atoms with van der Waals surface area (Å²) in [5, 5.41) is 13.1. The highest BCUT2D eigenvalue weighted by atomic mass is 16.5. The van der Waals surface area contributed by atoms with Crippen molar-refractivity contribution >= 4 is 41.2 Å². The van der Waals surface area contributed by atoms with Crippen molar-refractivity contribution in [1.82, 2.24) is 21.3 Å². The van der Waals surface area contributed by atoms with E-state index in [-0.39, 0.29) is 49.5 Å². The van der Waals surface area contributed by atoms with Gasteiger partial charge in [-0.05, 0) is 78.0 Å². The highest BCUT2D eigenvalue weighted by Crippen LogP contribution is 2.21. The van der Waals surface area contributed by atoms with Gasteiger partial charge in [-0.25, -0.2) is 4.79 Å². The zero-order valence-corrected chi connectivity index (χ0v) is 29.9. The molecule has 0 aliphatic heterocycles. The van der Waals surface area contributed by atoms with Gasteiger partial charge in [0.05, 0.1) is 31.0 Å². The van der Waals surface area contributed by atoms with E-state index in [0.29, 0.717) is 37.3 Å². The first-order valence-corrected chi connectivity index (χ1v) is 16.2. The average molecular weight is 678 g/mol. The second-order valence-corrected chi connectivity index (χ2v) is 13.2. The van der Waals surface area contributed by atoms with Crippen LogP contribution in [-0.4, -0.2) is 85.6 Å². The molecule has 2 atom stereocenters. The van der Waals surface area contributed by atoms with Crippen LogP contribution in [0.25, 0.3) is 0 Å². The molecule has 0 radical (unpaired) electrons. The highest BCUT2D eigenvalue weighted by molar-refractivity contribution is 5.98. The molecule has 5 amide bonds. The van der Waals surface area contributed by atoms with Crippen molar-refractivity contribution in [3.63, 3.8) is 0 Å². The molecule has 1 aromatic carbocycles. The number of anilines is 1. The van der Waals surface area contributed by atoms with Crippen LogP contribution in [0.5, 0.6) is 0 Å². The summed E-state index contributed by atoms with van der Waals surface area (Å²) in [6.45, 7) is 14.7. The monoisotopic (exact) mass is 677 g/mol. The van der Waals surface area contributed by atoms with Crippen LogP contribution in [0.3, 0.4) is 0 Å². The third-order valence-electron chi connectivity index (χ3n) is 7.34. The van der Waals surface area contributed by atoms with E-state index in [0.717, 1.165) is 0 Å².